The number of carbonyl (C=O) groups excluding carboxylic acids is 1. The Labute approximate surface area is 139 Å². The second kappa shape index (κ2) is 8.48. The fourth-order valence-electron chi connectivity index (χ4n) is 2.05. The summed E-state index contributed by atoms with van der Waals surface area (Å²) < 4.78 is 63.8. The molecule has 0 atom stereocenters. The number of alkyl halides is 3. The molecule has 136 valence electrons. The maximum absolute atomic E-state index is 12.6. The quantitative estimate of drug-likeness (QED) is 0.769. The summed E-state index contributed by atoms with van der Waals surface area (Å²) in [5.41, 5.74) is 0.0193. The van der Waals surface area contributed by atoms with Crippen molar-refractivity contribution in [3.63, 3.8) is 0 Å². The minimum atomic E-state index is -4.49. The van der Waals surface area contributed by atoms with E-state index in [-0.39, 0.29) is 23.5 Å². The molecule has 0 aromatic heterocycles. The Hall–Kier alpha value is -1.61. The standard InChI is InChI=1S/C15H21F3N2O3S/c1-3-5-10-20(11-15(16,17)18)14(21)12-6-8-13(9-7-12)24(22,23)19-4-2/h6-9,19H,3-5,10-11H2,1-2H3. The highest BCUT2D eigenvalue weighted by Gasteiger charge is 2.33. The number of nitrogens with zero attached hydrogens (tertiary/aromatic N) is 1. The fraction of sp³-hybridized carbons (Fsp3) is 0.533. The minimum absolute atomic E-state index is 0.00766. The van der Waals surface area contributed by atoms with Crippen LogP contribution in [0.3, 0.4) is 0 Å². The zero-order valence-electron chi connectivity index (χ0n) is 13.6. The van der Waals surface area contributed by atoms with Gasteiger partial charge in [0.1, 0.15) is 6.54 Å². The van der Waals surface area contributed by atoms with Crippen molar-refractivity contribution in [1.29, 1.82) is 0 Å². The molecule has 0 bridgehead atoms. The highest BCUT2D eigenvalue weighted by Crippen LogP contribution is 2.19. The van der Waals surface area contributed by atoms with E-state index in [1.54, 1.807) is 6.92 Å². The first-order chi connectivity index (χ1) is 11.1. The van der Waals surface area contributed by atoms with Crippen molar-refractivity contribution in [3.8, 4) is 0 Å². The van der Waals surface area contributed by atoms with Crippen molar-refractivity contribution in [2.45, 2.75) is 37.8 Å². The smallest absolute Gasteiger partial charge is 0.330 e. The first-order valence-corrected chi connectivity index (χ1v) is 9.04. The number of nitrogens with one attached hydrogen (secondary N) is 1. The summed E-state index contributed by atoms with van der Waals surface area (Å²) in [6, 6.07) is 4.86. The molecule has 0 fully saturated rings. The molecule has 0 heterocycles. The first kappa shape index (κ1) is 20.4. The number of carbonyl (C=O) groups is 1. The fourth-order valence-corrected chi connectivity index (χ4v) is 3.09. The van der Waals surface area contributed by atoms with Crippen molar-refractivity contribution in [2.75, 3.05) is 19.6 Å². The average molecular weight is 366 g/mol. The minimum Gasteiger partial charge on any atom is -0.330 e. The molecule has 5 nitrogen and oxygen atoms in total. The van der Waals surface area contributed by atoms with Gasteiger partial charge in [0.05, 0.1) is 4.90 Å². The van der Waals surface area contributed by atoms with Crippen LogP contribution in [0.4, 0.5) is 13.2 Å². The van der Waals surface area contributed by atoms with E-state index in [4.69, 9.17) is 0 Å². The molecular weight excluding hydrogens is 345 g/mol. The molecule has 1 N–H and O–H groups in total. The number of hydrogen-bond acceptors (Lipinski definition) is 3. The first-order valence-electron chi connectivity index (χ1n) is 7.56. The summed E-state index contributed by atoms with van der Waals surface area (Å²) in [6.07, 6.45) is -3.38. The van der Waals surface area contributed by atoms with Crippen LogP contribution >= 0.6 is 0 Å². The molecular formula is C15H21F3N2O3S. The molecule has 1 amide bonds. The zero-order valence-corrected chi connectivity index (χ0v) is 14.4. The SMILES string of the molecule is CCCCN(CC(F)(F)F)C(=O)c1ccc(S(=O)(=O)NCC)cc1. The third-order valence-corrected chi connectivity index (χ3v) is 4.75. The van der Waals surface area contributed by atoms with Crippen LogP contribution in [0.5, 0.6) is 0 Å². The maximum atomic E-state index is 12.6. The van der Waals surface area contributed by atoms with E-state index in [1.165, 1.54) is 24.3 Å². The molecule has 0 saturated carbocycles. The van der Waals surface area contributed by atoms with E-state index in [0.29, 0.717) is 12.8 Å². The number of benzene rings is 1. The second-order valence-corrected chi connectivity index (χ2v) is 6.99. The molecule has 0 saturated heterocycles. The molecule has 0 aliphatic rings. The number of amides is 1. The number of unbranched alkanes of at least 4 members (excludes halogenated alkanes) is 1. The molecule has 1 aromatic rings. The van der Waals surface area contributed by atoms with Gasteiger partial charge in [-0.25, -0.2) is 13.1 Å². The largest absolute Gasteiger partial charge is 0.406 e. The van der Waals surface area contributed by atoms with Gasteiger partial charge >= 0.3 is 6.18 Å². The van der Waals surface area contributed by atoms with E-state index in [1.807, 2.05) is 6.92 Å². The lowest BCUT2D eigenvalue weighted by atomic mass is 10.2. The van der Waals surface area contributed by atoms with Crippen molar-refractivity contribution in [3.05, 3.63) is 29.8 Å². The number of sulfonamides is 1. The van der Waals surface area contributed by atoms with Crippen LogP contribution in [0.25, 0.3) is 0 Å². The predicted octanol–water partition coefficient (Wildman–Crippen LogP) is 2.79. The molecule has 0 spiro atoms. The molecule has 9 heteroatoms. The highest BCUT2D eigenvalue weighted by molar-refractivity contribution is 7.89. The Kier molecular flexibility index (Phi) is 7.22. The van der Waals surface area contributed by atoms with Gasteiger partial charge in [-0.05, 0) is 30.7 Å². The summed E-state index contributed by atoms with van der Waals surface area (Å²) >= 11 is 0. The van der Waals surface area contributed by atoms with Crippen LogP contribution in [0.1, 0.15) is 37.0 Å². The van der Waals surface area contributed by atoms with Crippen LogP contribution in [0.15, 0.2) is 29.2 Å². The molecule has 1 rings (SSSR count). The molecule has 0 aliphatic carbocycles. The Morgan fingerprint density at radius 2 is 1.75 bits per heavy atom. The van der Waals surface area contributed by atoms with E-state index in [9.17, 15) is 26.4 Å². The van der Waals surface area contributed by atoms with Gasteiger partial charge in [-0.2, -0.15) is 13.2 Å². The van der Waals surface area contributed by atoms with E-state index in [0.717, 1.165) is 4.90 Å². The molecule has 24 heavy (non-hydrogen) atoms. The van der Waals surface area contributed by atoms with Crippen LogP contribution < -0.4 is 4.72 Å². The van der Waals surface area contributed by atoms with Crippen LogP contribution in [-0.4, -0.2) is 45.0 Å². The van der Waals surface area contributed by atoms with Gasteiger partial charge in [0, 0.05) is 18.7 Å². The maximum Gasteiger partial charge on any atom is 0.406 e. The number of halogens is 3. The summed E-state index contributed by atoms with van der Waals surface area (Å²) in [5.74, 6) is -0.770. The Morgan fingerprint density at radius 3 is 2.21 bits per heavy atom. The van der Waals surface area contributed by atoms with Crippen molar-refractivity contribution < 1.29 is 26.4 Å². The lowest BCUT2D eigenvalue weighted by molar-refractivity contribution is -0.140. The number of hydrogen-bond donors (Lipinski definition) is 1. The molecule has 0 radical (unpaired) electrons. The highest BCUT2D eigenvalue weighted by atomic mass is 32.2. The second-order valence-electron chi connectivity index (χ2n) is 5.22. The summed E-state index contributed by atoms with van der Waals surface area (Å²) in [5, 5.41) is 0. The van der Waals surface area contributed by atoms with Crippen LogP contribution in [0.2, 0.25) is 0 Å². The Bertz CT molecular complexity index is 643. The van der Waals surface area contributed by atoms with Crippen molar-refractivity contribution >= 4 is 15.9 Å². The zero-order chi connectivity index (χ0) is 18.4. The van der Waals surface area contributed by atoms with Gasteiger partial charge in [-0.15, -0.1) is 0 Å². The van der Waals surface area contributed by atoms with Crippen molar-refractivity contribution in [2.24, 2.45) is 0 Å². The number of rotatable bonds is 8. The predicted molar refractivity (Wildman–Crippen MR) is 84.2 cm³/mol. The molecule has 0 unspecified atom stereocenters. The van der Waals surface area contributed by atoms with Gasteiger partial charge in [-0.3, -0.25) is 4.79 Å². The van der Waals surface area contributed by atoms with Gasteiger partial charge in [0.2, 0.25) is 10.0 Å². The van der Waals surface area contributed by atoms with E-state index in [2.05, 4.69) is 4.72 Å². The molecule has 0 aliphatic heterocycles. The van der Waals surface area contributed by atoms with Gasteiger partial charge in [0.25, 0.3) is 5.91 Å². The average Bonchev–Trinajstić information content (AvgIpc) is 2.49. The summed E-state index contributed by atoms with van der Waals surface area (Å²) in [7, 11) is -3.67. The van der Waals surface area contributed by atoms with Gasteiger partial charge in [0.15, 0.2) is 0 Å². The van der Waals surface area contributed by atoms with E-state index >= 15 is 0 Å². The van der Waals surface area contributed by atoms with Crippen LogP contribution in [-0.2, 0) is 10.0 Å². The normalized spacial score (nSPS) is 12.2. The van der Waals surface area contributed by atoms with Gasteiger partial charge in [-0.1, -0.05) is 20.3 Å². The van der Waals surface area contributed by atoms with Crippen LogP contribution in [0, 0.1) is 0 Å². The van der Waals surface area contributed by atoms with Crippen molar-refractivity contribution in [1.82, 2.24) is 9.62 Å². The summed E-state index contributed by atoms with van der Waals surface area (Å²) in [4.78, 5) is 13.0. The third-order valence-electron chi connectivity index (χ3n) is 3.18. The molecule has 1 aromatic carbocycles. The monoisotopic (exact) mass is 366 g/mol. The van der Waals surface area contributed by atoms with E-state index < -0.39 is 28.7 Å². The Balaban J connectivity index is 2.98. The Morgan fingerprint density at radius 1 is 1.17 bits per heavy atom. The topological polar surface area (TPSA) is 66.5 Å². The van der Waals surface area contributed by atoms with Gasteiger partial charge < -0.3 is 4.90 Å². The summed E-state index contributed by atoms with van der Waals surface area (Å²) in [6.45, 7) is 2.31. The lowest BCUT2D eigenvalue weighted by Gasteiger charge is -2.24. The third kappa shape index (κ3) is 6.12. The lowest BCUT2D eigenvalue weighted by Crippen LogP contribution is -2.39.